The van der Waals surface area contributed by atoms with Crippen LogP contribution in [-0.2, 0) is 12.7 Å². The van der Waals surface area contributed by atoms with Gasteiger partial charge in [-0.25, -0.2) is 0 Å². The molecule has 0 unspecified atom stereocenters. The van der Waals surface area contributed by atoms with E-state index < -0.39 is 11.7 Å². The van der Waals surface area contributed by atoms with Crippen molar-refractivity contribution in [3.63, 3.8) is 0 Å². The molecular weight excluding hydrogens is 367 g/mol. The highest BCUT2D eigenvalue weighted by molar-refractivity contribution is 5.93. The van der Waals surface area contributed by atoms with Crippen molar-refractivity contribution in [2.24, 2.45) is 0 Å². The van der Waals surface area contributed by atoms with Gasteiger partial charge in [-0.05, 0) is 37.6 Å². The number of alkyl halides is 3. The Morgan fingerprint density at radius 2 is 1.82 bits per heavy atom. The maximum absolute atomic E-state index is 13.0. The van der Waals surface area contributed by atoms with Crippen molar-refractivity contribution in [1.29, 1.82) is 0 Å². The van der Waals surface area contributed by atoms with E-state index in [2.05, 4.69) is 10.4 Å². The van der Waals surface area contributed by atoms with Crippen molar-refractivity contribution in [1.82, 2.24) is 15.1 Å². The molecular formula is C21H20F3N3O. The number of carbonyl (C=O) groups excluding carboxylic acids is 1. The summed E-state index contributed by atoms with van der Waals surface area (Å²) in [7, 11) is 0. The molecule has 0 bridgehead atoms. The van der Waals surface area contributed by atoms with Gasteiger partial charge >= 0.3 is 6.18 Å². The Kier molecular flexibility index (Phi) is 5.53. The first-order valence-corrected chi connectivity index (χ1v) is 8.91. The number of nitrogens with one attached hydrogen (secondary N) is 1. The Morgan fingerprint density at radius 1 is 1.11 bits per heavy atom. The summed E-state index contributed by atoms with van der Waals surface area (Å²) in [4.78, 5) is 12.6. The minimum Gasteiger partial charge on any atom is -0.344 e. The Hall–Kier alpha value is -3.09. The number of rotatable bonds is 5. The molecule has 2 aromatic carbocycles. The number of hydrogen-bond donors (Lipinski definition) is 1. The zero-order valence-electron chi connectivity index (χ0n) is 15.5. The maximum Gasteiger partial charge on any atom is 0.416 e. The van der Waals surface area contributed by atoms with Gasteiger partial charge in [0.2, 0.25) is 0 Å². The van der Waals surface area contributed by atoms with E-state index in [0.717, 1.165) is 17.7 Å². The van der Waals surface area contributed by atoms with Crippen LogP contribution in [-0.4, -0.2) is 15.7 Å². The molecule has 0 aliphatic carbocycles. The summed E-state index contributed by atoms with van der Waals surface area (Å²) in [6.45, 7) is 4.10. The minimum absolute atomic E-state index is 0.164. The molecule has 1 N–H and O–H groups in total. The third kappa shape index (κ3) is 4.24. The third-order valence-electron chi connectivity index (χ3n) is 4.44. The molecule has 7 heteroatoms. The van der Waals surface area contributed by atoms with E-state index in [1.54, 1.807) is 6.07 Å². The highest BCUT2D eigenvalue weighted by atomic mass is 19.4. The fourth-order valence-corrected chi connectivity index (χ4v) is 2.95. The predicted octanol–water partition coefficient (Wildman–Crippen LogP) is 5.08. The monoisotopic (exact) mass is 387 g/mol. The van der Waals surface area contributed by atoms with Gasteiger partial charge in [0, 0.05) is 12.1 Å². The molecule has 1 aromatic heterocycles. The first-order valence-electron chi connectivity index (χ1n) is 8.91. The molecule has 4 nitrogen and oxygen atoms in total. The van der Waals surface area contributed by atoms with Crippen molar-refractivity contribution in [3.05, 3.63) is 77.5 Å². The SMILES string of the molecule is CCn1nc(C(=O)N[C@H](C)c2ccccc2)cc1-c1cccc(C(F)(F)F)c1. The van der Waals surface area contributed by atoms with Gasteiger partial charge in [0.05, 0.1) is 17.3 Å². The van der Waals surface area contributed by atoms with Gasteiger partial charge in [0.25, 0.3) is 5.91 Å². The van der Waals surface area contributed by atoms with E-state index in [-0.39, 0.29) is 17.6 Å². The second-order valence-corrected chi connectivity index (χ2v) is 6.41. The summed E-state index contributed by atoms with van der Waals surface area (Å²) in [6, 6.07) is 15.8. The lowest BCUT2D eigenvalue weighted by molar-refractivity contribution is -0.137. The van der Waals surface area contributed by atoms with Gasteiger partial charge in [-0.3, -0.25) is 9.48 Å². The van der Waals surface area contributed by atoms with Gasteiger partial charge in [0.15, 0.2) is 5.69 Å². The van der Waals surface area contributed by atoms with E-state index in [9.17, 15) is 18.0 Å². The quantitative estimate of drug-likeness (QED) is 0.664. The van der Waals surface area contributed by atoms with Crippen LogP contribution in [0.25, 0.3) is 11.3 Å². The van der Waals surface area contributed by atoms with Gasteiger partial charge in [-0.2, -0.15) is 18.3 Å². The molecule has 0 fully saturated rings. The predicted molar refractivity (Wildman–Crippen MR) is 101 cm³/mol. The summed E-state index contributed by atoms with van der Waals surface area (Å²) in [5.74, 6) is -0.378. The Morgan fingerprint density at radius 3 is 2.46 bits per heavy atom. The molecule has 0 saturated carbocycles. The van der Waals surface area contributed by atoms with Crippen LogP contribution >= 0.6 is 0 Å². The number of carbonyl (C=O) groups is 1. The number of amides is 1. The number of benzene rings is 2. The van der Waals surface area contributed by atoms with Crippen LogP contribution in [0.4, 0.5) is 13.2 Å². The highest BCUT2D eigenvalue weighted by Gasteiger charge is 2.30. The molecule has 28 heavy (non-hydrogen) atoms. The fourth-order valence-electron chi connectivity index (χ4n) is 2.95. The number of halogens is 3. The van der Waals surface area contributed by atoms with E-state index in [0.29, 0.717) is 17.8 Å². The van der Waals surface area contributed by atoms with Crippen LogP contribution in [0.15, 0.2) is 60.7 Å². The van der Waals surface area contributed by atoms with Gasteiger partial charge < -0.3 is 5.32 Å². The van der Waals surface area contributed by atoms with Crippen molar-refractivity contribution in [2.75, 3.05) is 0 Å². The minimum atomic E-state index is -4.43. The summed E-state index contributed by atoms with van der Waals surface area (Å²) in [5, 5.41) is 7.14. The van der Waals surface area contributed by atoms with E-state index in [1.165, 1.54) is 16.8 Å². The molecule has 0 saturated heterocycles. The van der Waals surface area contributed by atoms with Crippen LogP contribution in [0.5, 0.6) is 0 Å². The zero-order chi connectivity index (χ0) is 20.3. The summed E-state index contributed by atoms with van der Waals surface area (Å²) in [6.07, 6.45) is -4.43. The first kappa shape index (κ1) is 19.7. The van der Waals surface area contributed by atoms with Gasteiger partial charge in [-0.15, -0.1) is 0 Å². The van der Waals surface area contributed by atoms with E-state index in [1.807, 2.05) is 44.2 Å². The average Bonchev–Trinajstić information content (AvgIpc) is 3.13. The lowest BCUT2D eigenvalue weighted by atomic mass is 10.1. The Balaban J connectivity index is 1.87. The molecule has 3 rings (SSSR count). The van der Waals surface area contributed by atoms with Crippen molar-refractivity contribution in [3.8, 4) is 11.3 Å². The topological polar surface area (TPSA) is 46.9 Å². The summed E-state index contributed by atoms with van der Waals surface area (Å²) < 4.78 is 40.6. The van der Waals surface area contributed by atoms with Gasteiger partial charge in [-0.1, -0.05) is 42.5 Å². The number of nitrogens with zero attached hydrogens (tertiary/aromatic N) is 2. The summed E-state index contributed by atoms with van der Waals surface area (Å²) in [5.41, 5.74) is 1.20. The van der Waals surface area contributed by atoms with Gasteiger partial charge in [0.1, 0.15) is 0 Å². The lowest BCUT2D eigenvalue weighted by Gasteiger charge is -2.13. The molecule has 3 aromatic rings. The van der Waals surface area contributed by atoms with E-state index >= 15 is 0 Å². The van der Waals surface area contributed by atoms with Crippen LogP contribution in [0.1, 0.15) is 41.5 Å². The van der Waals surface area contributed by atoms with E-state index in [4.69, 9.17) is 0 Å². The normalized spacial score (nSPS) is 12.6. The molecule has 0 aliphatic rings. The van der Waals surface area contributed by atoms with Crippen LogP contribution < -0.4 is 5.32 Å². The second-order valence-electron chi connectivity index (χ2n) is 6.41. The Bertz CT molecular complexity index is 965. The maximum atomic E-state index is 13.0. The van der Waals surface area contributed by atoms with Crippen molar-refractivity contribution >= 4 is 5.91 Å². The second kappa shape index (κ2) is 7.88. The molecule has 0 radical (unpaired) electrons. The standard InChI is InChI=1S/C21H20F3N3O/c1-3-27-19(16-10-7-11-17(12-16)21(22,23)24)13-18(26-27)20(28)25-14(2)15-8-5-4-6-9-15/h4-14H,3H2,1-2H3,(H,25,28)/t14-/m1/s1. The molecule has 146 valence electrons. The van der Waals surface area contributed by atoms with Crippen LogP contribution in [0, 0.1) is 0 Å². The third-order valence-corrected chi connectivity index (χ3v) is 4.44. The number of aryl methyl sites for hydroxylation is 1. The number of hydrogen-bond acceptors (Lipinski definition) is 2. The summed E-state index contributed by atoms with van der Waals surface area (Å²) >= 11 is 0. The molecule has 1 atom stereocenters. The van der Waals surface area contributed by atoms with Crippen LogP contribution in [0.3, 0.4) is 0 Å². The Labute approximate surface area is 161 Å². The fraction of sp³-hybridized carbons (Fsp3) is 0.238. The molecule has 1 amide bonds. The number of aromatic nitrogens is 2. The largest absolute Gasteiger partial charge is 0.416 e. The van der Waals surface area contributed by atoms with Crippen LogP contribution in [0.2, 0.25) is 0 Å². The molecule has 0 spiro atoms. The van der Waals surface area contributed by atoms with Crippen molar-refractivity contribution in [2.45, 2.75) is 32.6 Å². The zero-order valence-corrected chi connectivity index (χ0v) is 15.5. The smallest absolute Gasteiger partial charge is 0.344 e. The lowest BCUT2D eigenvalue weighted by Crippen LogP contribution is -2.27. The average molecular weight is 387 g/mol. The highest BCUT2D eigenvalue weighted by Crippen LogP contribution is 2.32. The molecule has 1 heterocycles. The first-order chi connectivity index (χ1) is 13.3. The molecule has 0 aliphatic heterocycles. The van der Waals surface area contributed by atoms with Crippen molar-refractivity contribution < 1.29 is 18.0 Å².